The van der Waals surface area contributed by atoms with Crippen LogP contribution in [0.4, 0.5) is 11.4 Å². The lowest BCUT2D eigenvalue weighted by Gasteiger charge is -2.15. The molecule has 3 N–H and O–H groups in total. The molecule has 0 spiro atoms. The van der Waals surface area contributed by atoms with Crippen molar-refractivity contribution in [1.29, 1.82) is 0 Å². The largest absolute Gasteiger partial charge is 0.496 e. The van der Waals surface area contributed by atoms with E-state index in [1.807, 2.05) is 0 Å². The number of hydrogen-bond donors (Lipinski definition) is 2. The summed E-state index contributed by atoms with van der Waals surface area (Å²) in [6, 6.07) is 10.6. The Hall–Kier alpha value is -3.62. The second kappa shape index (κ2) is 8.65. The van der Waals surface area contributed by atoms with E-state index in [1.54, 1.807) is 24.3 Å². The number of methoxy groups -OCH3 is 1. The third-order valence-corrected chi connectivity index (χ3v) is 3.77. The van der Waals surface area contributed by atoms with E-state index in [0.29, 0.717) is 5.75 Å². The molecule has 9 heteroatoms. The van der Waals surface area contributed by atoms with Crippen LogP contribution in [0.5, 0.6) is 5.75 Å². The van der Waals surface area contributed by atoms with Gasteiger partial charge in [-0.25, -0.2) is 4.79 Å². The molecule has 0 aliphatic rings. The van der Waals surface area contributed by atoms with Crippen molar-refractivity contribution < 1.29 is 24.0 Å². The summed E-state index contributed by atoms with van der Waals surface area (Å²) in [6.45, 7) is 1.58. The zero-order valence-corrected chi connectivity index (χ0v) is 14.8. The van der Waals surface area contributed by atoms with Gasteiger partial charge < -0.3 is 20.5 Å². The van der Waals surface area contributed by atoms with Gasteiger partial charge >= 0.3 is 5.97 Å². The molecule has 2 rings (SSSR count). The first kappa shape index (κ1) is 19.7. The van der Waals surface area contributed by atoms with Crippen LogP contribution in [0.15, 0.2) is 42.5 Å². The van der Waals surface area contributed by atoms with Crippen LogP contribution in [0.3, 0.4) is 0 Å². The highest BCUT2D eigenvalue weighted by Crippen LogP contribution is 2.21. The molecule has 1 atom stereocenters. The van der Waals surface area contributed by atoms with Crippen molar-refractivity contribution in [3.05, 3.63) is 63.7 Å². The number of nitrogens with two attached hydrogens (primary N) is 1. The standard InChI is InChI=1S/C18H19N3O6/c1-11(17(22)20-10-12-5-3-4-6-16(12)26-2)27-18(23)14-9-13(21(24)25)7-8-15(14)19/h3-9,11H,10,19H2,1-2H3,(H,20,22)/t11-/m0/s1. The number of nitrogens with zero attached hydrogens (tertiary/aromatic N) is 1. The molecular formula is C18H19N3O6. The molecule has 0 aliphatic carbocycles. The first-order valence-corrected chi connectivity index (χ1v) is 7.98. The van der Waals surface area contributed by atoms with Gasteiger partial charge in [-0.1, -0.05) is 18.2 Å². The van der Waals surface area contributed by atoms with Gasteiger partial charge in [0.25, 0.3) is 11.6 Å². The molecule has 0 aliphatic heterocycles. The maximum absolute atomic E-state index is 12.2. The van der Waals surface area contributed by atoms with Crippen LogP contribution in [0, 0.1) is 10.1 Å². The molecule has 9 nitrogen and oxygen atoms in total. The summed E-state index contributed by atoms with van der Waals surface area (Å²) >= 11 is 0. The molecule has 0 fully saturated rings. The summed E-state index contributed by atoms with van der Waals surface area (Å²) in [7, 11) is 1.52. The lowest BCUT2D eigenvalue weighted by Crippen LogP contribution is -2.35. The van der Waals surface area contributed by atoms with E-state index in [0.717, 1.165) is 11.6 Å². The fourth-order valence-electron chi connectivity index (χ4n) is 2.29. The van der Waals surface area contributed by atoms with Crippen molar-refractivity contribution in [2.24, 2.45) is 0 Å². The molecule has 2 aromatic rings. The van der Waals surface area contributed by atoms with E-state index >= 15 is 0 Å². The van der Waals surface area contributed by atoms with Gasteiger partial charge in [0.1, 0.15) is 5.75 Å². The number of para-hydroxylation sites is 1. The summed E-state index contributed by atoms with van der Waals surface area (Å²) in [6.07, 6.45) is -1.12. The van der Waals surface area contributed by atoms with Crippen molar-refractivity contribution in [3.63, 3.8) is 0 Å². The second-order valence-corrected chi connectivity index (χ2v) is 5.61. The Morgan fingerprint density at radius 3 is 2.63 bits per heavy atom. The van der Waals surface area contributed by atoms with Crippen LogP contribution in [0.1, 0.15) is 22.8 Å². The van der Waals surface area contributed by atoms with Gasteiger partial charge in [0.2, 0.25) is 0 Å². The summed E-state index contributed by atoms with van der Waals surface area (Å²) in [5.74, 6) is -0.832. The quantitative estimate of drug-likeness (QED) is 0.328. The predicted octanol–water partition coefficient (Wildman–Crippen LogP) is 2.05. The topological polar surface area (TPSA) is 134 Å². The van der Waals surface area contributed by atoms with Crippen LogP contribution in [0.2, 0.25) is 0 Å². The minimum absolute atomic E-state index is 0.0206. The van der Waals surface area contributed by atoms with Crippen LogP contribution in [0.25, 0.3) is 0 Å². The Bertz CT molecular complexity index is 868. The zero-order valence-electron chi connectivity index (χ0n) is 14.8. The lowest BCUT2D eigenvalue weighted by molar-refractivity contribution is -0.384. The number of amides is 1. The maximum Gasteiger partial charge on any atom is 0.341 e. The normalized spacial score (nSPS) is 11.3. The number of carbonyl (C=O) groups is 2. The maximum atomic E-state index is 12.2. The molecule has 0 radical (unpaired) electrons. The molecule has 27 heavy (non-hydrogen) atoms. The third-order valence-electron chi connectivity index (χ3n) is 3.77. The molecular weight excluding hydrogens is 354 g/mol. The van der Waals surface area contributed by atoms with Crippen LogP contribution < -0.4 is 15.8 Å². The fourth-order valence-corrected chi connectivity index (χ4v) is 2.29. The summed E-state index contributed by atoms with van der Waals surface area (Å²) < 4.78 is 10.3. The zero-order chi connectivity index (χ0) is 20.0. The number of esters is 1. The summed E-state index contributed by atoms with van der Waals surface area (Å²) in [4.78, 5) is 34.6. The van der Waals surface area contributed by atoms with Gasteiger partial charge in [-0.05, 0) is 19.1 Å². The average molecular weight is 373 g/mol. The second-order valence-electron chi connectivity index (χ2n) is 5.61. The smallest absolute Gasteiger partial charge is 0.341 e. The Morgan fingerprint density at radius 1 is 1.26 bits per heavy atom. The number of nitrogen functional groups attached to an aromatic ring is 1. The first-order chi connectivity index (χ1) is 12.8. The highest BCUT2D eigenvalue weighted by atomic mass is 16.6. The first-order valence-electron chi connectivity index (χ1n) is 7.98. The van der Waals surface area contributed by atoms with Crippen LogP contribution in [-0.4, -0.2) is 30.0 Å². The molecule has 0 aromatic heterocycles. The van der Waals surface area contributed by atoms with Gasteiger partial charge in [-0.2, -0.15) is 0 Å². The molecule has 0 saturated heterocycles. The SMILES string of the molecule is COc1ccccc1CNC(=O)[C@H](C)OC(=O)c1cc([N+](=O)[O-])ccc1N. The number of rotatable bonds is 7. The number of hydrogen-bond acceptors (Lipinski definition) is 7. The summed E-state index contributed by atoms with van der Waals surface area (Å²) in [5, 5.41) is 13.5. The monoisotopic (exact) mass is 373 g/mol. The number of carbonyl (C=O) groups excluding carboxylic acids is 2. The number of benzene rings is 2. The van der Waals surface area contributed by atoms with Crippen LogP contribution >= 0.6 is 0 Å². The fraction of sp³-hybridized carbons (Fsp3) is 0.222. The number of nitro groups is 1. The Morgan fingerprint density at radius 2 is 1.96 bits per heavy atom. The van der Waals surface area contributed by atoms with E-state index in [-0.39, 0.29) is 23.5 Å². The van der Waals surface area contributed by atoms with E-state index in [1.165, 1.54) is 26.2 Å². The van der Waals surface area contributed by atoms with E-state index in [9.17, 15) is 19.7 Å². The predicted molar refractivity (Wildman–Crippen MR) is 97.2 cm³/mol. The van der Waals surface area contributed by atoms with Crippen molar-refractivity contribution >= 4 is 23.3 Å². The Labute approximate surface area is 155 Å². The molecule has 0 heterocycles. The van der Waals surface area contributed by atoms with E-state index in [2.05, 4.69) is 5.32 Å². The number of anilines is 1. The molecule has 142 valence electrons. The van der Waals surface area contributed by atoms with E-state index in [4.69, 9.17) is 15.2 Å². The highest BCUT2D eigenvalue weighted by Gasteiger charge is 2.22. The van der Waals surface area contributed by atoms with Crippen molar-refractivity contribution in [2.45, 2.75) is 19.6 Å². The summed E-state index contributed by atoms with van der Waals surface area (Å²) in [5.41, 5.74) is 5.98. The van der Waals surface area contributed by atoms with Gasteiger partial charge in [0.05, 0.1) is 17.6 Å². The Kier molecular flexibility index (Phi) is 6.32. The molecule has 0 saturated carbocycles. The van der Waals surface area contributed by atoms with E-state index < -0.39 is 22.9 Å². The highest BCUT2D eigenvalue weighted by molar-refractivity contribution is 5.97. The molecule has 0 unspecified atom stereocenters. The third kappa shape index (κ3) is 4.94. The Balaban J connectivity index is 2.00. The van der Waals surface area contributed by atoms with Crippen LogP contribution in [-0.2, 0) is 16.1 Å². The lowest BCUT2D eigenvalue weighted by atomic mass is 10.1. The molecule has 1 amide bonds. The minimum Gasteiger partial charge on any atom is -0.496 e. The van der Waals surface area contributed by atoms with Gasteiger partial charge in [0.15, 0.2) is 6.10 Å². The average Bonchev–Trinajstić information content (AvgIpc) is 2.66. The number of ether oxygens (including phenoxy) is 2. The number of non-ortho nitro benzene ring substituents is 1. The van der Waals surface area contributed by atoms with Crippen molar-refractivity contribution in [1.82, 2.24) is 5.32 Å². The number of nitro benzene ring substituents is 1. The minimum atomic E-state index is -1.12. The number of nitrogens with one attached hydrogen (secondary N) is 1. The van der Waals surface area contributed by atoms with Crippen molar-refractivity contribution in [2.75, 3.05) is 12.8 Å². The van der Waals surface area contributed by atoms with Crippen molar-refractivity contribution in [3.8, 4) is 5.75 Å². The van der Waals surface area contributed by atoms with Gasteiger partial charge in [0, 0.05) is 29.9 Å². The van der Waals surface area contributed by atoms with Gasteiger partial charge in [-0.15, -0.1) is 0 Å². The van der Waals surface area contributed by atoms with Gasteiger partial charge in [-0.3, -0.25) is 14.9 Å². The molecule has 0 bridgehead atoms. The molecule has 2 aromatic carbocycles.